The fraction of sp³-hybridized carbons (Fsp3) is 0.235. The number of aromatic carboxylic acids is 1. The van der Waals surface area contributed by atoms with E-state index in [1.54, 1.807) is 0 Å². The van der Waals surface area contributed by atoms with Crippen LogP contribution in [0.15, 0.2) is 36.4 Å². The van der Waals surface area contributed by atoms with Gasteiger partial charge in [0.15, 0.2) is 0 Å². The Morgan fingerprint density at radius 3 is 2.20 bits per heavy atom. The van der Waals surface area contributed by atoms with Crippen LogP contribution in [0.2, 0.25) is 0 Å². The SMILES string of the molecule is Cc1ccc(C(C)c2cc(C)cc(C(=O)O)c2O)cc1. The second-order valence-corrected chi connectivity index (χ2v) is 5.19. The Balaban J connectivity index is 2.51. The number of carboxylic acids is 1. The van der Waals surface area contributed by atoms with Crippen molar-refractivity contribution in [1.29, 1.82) is 0 Å². The van der Waals surface area contributed by atoms with Gasteiger partial charge in [-0.05, 0) is 31.0 Å². The van der Waals surface area contributed by atoms with Gasteiger partial charge in [0.2, 0.25) is 0 Å². The van der Waals surface area contributed by atoms with Gasteiger partial charge >= 0.3 is 5.97 Å². The molecule has 1 atom stereocenters. The highest BCUT2D eigenvalue weighted by molar-refractivity contribution is 5.91. The number of carbonyl (C=O) groups is 1. The summed E-state index contributed by atoms with van der Waals surface area (Å²) in [7, 11) is 0. The Morgan fingerprint density at radius 2 is 1.65 bits per heavy atom. The summed E-state index contributed by atoms with van der Waals surface area (Å²) in [5, 5.41) is 19.3. The summed E-state index contributed by atoms with van der Waals surface area (Å²) in [6.07, 6.45) is 0. The van der Waals surface area contributed by atoms with Crippen LogP contribution < -0.4 is 0 Å². The molecule has 0 amide bonds. The summed E-state index contributed by atoms with van der Waals surface area (Å²) in [5.74, 6) is -1.31. The number of hydrogen-bond acceptors (Lipinski definition) is 2. The van der Waals surface area contributed by atoms with E-state index in [0.29, 0.717) is 5.56 Å². The molecule has 0 fully saturated rings. The van der Waals surface area contributed by atoms with E-state index in [-0.39, 0.29) is 17.2 Å². The van der Waals surface area contributed by atoms with Crippen LogP contribution in [-0.4, -0.2) is 16.2 Å². The molecule has 0 aliphatic rings. The lowest BCUT2D eigenvalue weighted by Gasteiger charge is -2.16. The first-order valence-electron chi connectivity index (χ1n) is 6.53. The molecule has 1 unspecified atom stereocenters. The molecule has 0 spiro atoms. The van der Waals surface area contributed by atoms with Crippen molar-refractivity contribution in [1.82, 2.24) is 0 Å². The average Bonchev–Trinajstić information content (AvgIpc) is 2.41. The normalized spacial score (nSPS) is 12.2. The van der Waals surface area contributed by atoms with Gasteiger partial charge in [0.1, 0.15) is 11.3 Å². The molecule has 104 valence electrons. The third kappa shape index (κ3) is 2.67. The number of phenols is 1. The van der Waals surface area contributed by atoms with Crippen molar-refractivity contribution in [3.05, 3.63) is 64.2 Å². The summed E-state index contributed by atoms with van der Waals surface area (Å²) in [6.45, 7) is 5.81. The van der Waals surface area contributed by atoms with Crippen LogP contribution in [0.25, 0.3) is 0 Å². The molecule has 2 aromatic rings. The van der Waals surface area contributed by atoms with Gasteiger partial charge in [0, 0.05) is 11.5 Å². The quantitative estimate of drug-likeness (QED) is 0.890. The van der Waals surface area contributed by atoms with Crippen LogP contribution in [0.5, 0.6) is 5.75 Å². The molecule has 2 aromatic carbocycles. The predicted molar refractivity (Wildman–Crippen MR) is 78.5 cm³/mol. The monoisotopic (exact) mass is 270 g/mol. The van der Waals surface area contributed by atoms with Crippen LogP contribution in [-0.2, 0) is 0 Å². The Kier molecular flexibility index (Phi) is 3.79. The minimum atomic E-state index is -1.11. The maximum atomic E-state index is 11.2. The van der Waals surface area contributed by atoms with Gasteiger partial charge in [-0.1, -0.05) is 42.8 Å². The lowest BCUT2D eigenvalue weighted by Crippen LogP contribution is -2.03. The van der Waals surface area contributed by atoms with Crippen LogP contribution >= 0.6 is 0 Å². The van der Waals surface area contributed by atoms with Gasteiger partial charge in [-0.15, -0.1) is 0 Å². The first-order valence-corrected chi connectivity index (χ1v) is 6.53. The van der Waals surface area contributed by atoms with E-state index in [0.717, 1.165) is 11.1 Å². The molecule has 0 aliphatic heterocycles. The molecule has 20 heavy (non-hydrogen) atoms. The van der Waals surface area contributed by atoms with Gasteiger partial charge in [-0.2, -0.15) is 0 Å². The van der Waals surface area contributed by atoms with Crippen molar-refractivity contribution >= 4 is 5.97 Å². The maximum Gasteiger partial charge on any atom is 0.339 e. The zero-order chi connectivity index (χ0) is 14.9. The number of benzene rings is 2. The highest BCUT2D eigenvalue weighted by atomic mass is 16.4. The maximum absolute atomic E-state index is 11.2. The van der Waals surface area contributed by atoms with Gasteiger partial charge in [-0.3, -0.25) is 0 Å². The van der Waals surface area contributed by atoms with Crippen LogP contribution in [0, 0.1) is 13.8 Å². The summed E-state index contributed by atoms with van der Waals surface area (Å²) in [5.41, 5.74) is 3.65. The fourth-order valence-corrected chi connectivity index (χ4v) is 2.33. The lowest BCUT2D eigenvalue weighted by molar-refractivity contribution is 0.0693. The van der Waals surface area contributed by atoms with Crippen molar-refractivity contribution in [2.45, 2.75) is 26.7 Å². The minimum Gasteiger partial charge on any atom is -0.507 e. The lowest BCUT2D eigenvalue weighted by atomic mass is 9.89. The van der Waals surface area contributed by atoms with Crippen molar-refractivity contribution in [2.75, 3.05) is 0 Å². The third-order valence-corrected chi connectivity index (χ3v) is 3.56. The fourth-order valence-electron chi connectivity index (χ4n) is 2.33. The van der Waals surface area contributed by atoms with Crippen molar-refractivity contribution in [2.24, 2.45) is 0 Å². The number of aromatic hydroxyl groups is 1. The molecule has 0 saturated carbocycles. The zero-order valence-electron chi connectivity index (χ0n) is 11.8. The molecular weight excluding hydrogens is 252 g/mol. The minimum absolute atomic E-state index is 0.0426. The number of rotatable bonds is 3. The number of aryl methyl sites for hydroxylation is 2. The molecule has 2 rings (SSSR count). The highest BCUT2D eigenvalue weighted by Gasteiger charge is 2.19. The predicted octanol–water partition coefficient (Wildman–Crippen LogP) is 3.86. The van der Waals surface area contributed by atoms with Gasteiger partial charge in [0.05, 0.1) is 0 Å². The second-order valence-electron chi connectivity index (χ2n) is 5.19. The molecule has 0 radical (unpaired) electrons. The Bertz CT molecular complexity index is 642. The van der Waals surface area contributed by atoms with E-state index >= 15 is 0 Å². The topological polar surface area (TPSA) is 57.5 Å². The molecule has 2 N–H and O–H groups in total. The molecule has 0 aromatic heterocycles. The summed E-state index contributed by atoms with van der Waals surface area (Å²) in [4.78, 5) is 11.2. The van der Waals surface area contributed by atoms with Crippen LogP contribution in [0.4, 0.5) is 0 Å². The molecule has 0 aliphatic carbocycles. The van der Waals surface area contributed by atoms with E-state index in [2.05, 4.69) is 0 Å². The highest BCUT2D eigenvalue weighted by Crippen LogP contribution is 2.34. The number of hydrogen-bond donors (Lipinski definition) is 2. The van der Waals surface area contributed by atoms with Crippen molar-refractivity contribution in [3.63, 3.8) is 0 Å². The Labute approximate surface area is 118 Å². The first-order chi connectivity index (χ1) is 9.40. The standard InChI is InChI=1S/C17H18O3/c1-10-4-6-13(7-5-10)12(3)14-8-11(2)9-15(16(14)18)17(19)20/h4-9,12,18H,1-3H3,(H,19,20). The van der Waals surface area contributed by atoms with E-state index in [4.69, 9.17) is 5.11 Å². The third-order valence-electron chi connectivity index (χ3n) is 3.56. The molecule has 3 nitrogen and oxygen atoms in total. The summed E-state index contributed by atoms with van der Waals surface area (Å²) in [6, 6.07) is 11.4. The van der Waals surface area contributed by atoms with E-state index in [9.17, 15) is 9.90 Å². The van der Waals surface area contributed by atoms with Gasteiger partial charge < -0.3 is 10.2 Å². The zero-order valence-corrected chi connectivity index (χ0v) is 11.8. The largest absolute Gasteiger partial charge is 0.507 e. The first kappa shape index (κ1) is 14.1. The molecule has 3 heteroatoms. The van der Waals surface area contributed by atoms with E-state index in [1.165, 1.54) is 11.6 Å². The summed E-state index contributed by atoms with van der Waals surface area (Å²) < 4.78 is 0. The average molecular weight is 270 g/mol. The Morgan fingerprint density at radius 1 is 1.05 bits per heavy atom. The molecule has 0 saturated heterocycles. The van der Waals surface area contributed by atoms with E-state index < -0.39 is 5.97 Å². The molecule has 0 bridgehead atoms. The van der Waals surface area contributed by atoms with Gasteiger partial charge in [-0.25, -0.2) is 4.79 Å². The van der Waals surface area contributed by atoms with Crippen molar-refractivity contribution < 1.29 is 15.0 Å². The molecule has 0 heterocycles. The van der Waals surface area contributed by atoms with Crippen LogP contribution in [0.1, 0.15) is 45.5 Å². The molecular formula is C17H18O3. The van der Waals surface area contributed by atoms with Gasteiger partial charge in [0.25, 0.3) is 0 Å². The second kappa shape index (κ2) is 5.37. The Hall–Kier alpha value is -2.29. The van der Waals surface area contributed by atoms with Crippen LogP contribution in [0.3, 0.4) is 0 Å². The van der Waals surface area contributed by atoms with E-state index in [1.807, 2.05) is 51.1 Å². The number of carboxylic acid groups (broad SMARTS) is 1. The summed E-state index contributed by atoms with van der Waals surface area (Å²) >= 11 is 0. The smallest absolute Gasteiger partial charge is 0.339 e. The van der Waals surface area contributed by atoms with Crippen molar-refractivity contribution in [3.8, 4) is 5.75 Å².